The van der Waals surface area contributed by atoms with Crippen LogP contribution in [0.4, 0.5) is 5.69 Å². The van der Waals surface area contributed by atoms with Crippen LogP contribution < -0.4 is 19.1 Å². The molecule has 0 aromatic heterocycles. The molecule has 2 aromatic carbocycles. The number of halogens is 1. The Morgan fingerprint density at radius 3 is 2.77 bits per heavy atom. The van der Waals surface area contributed by atoms with Crippen LogP contribution in [0.5, 0.6) is 5.75 Å². The van der Waals surface area contributed by atoms with Crippen molar-refractivity contribution < 1.29 is 23.1 Å². The van der Waals surface area contributed by atoms with Crippen LogP contribution in [0, 0.1) is 11.8 Å². The predicted octanol–water partition coefficient (Wildman–Crippen LogP) is 3.95. The van der Waals surface area contributed by atoms with Crippen molar-refractivity contribution >= 4 is 33.4 Å². The molecule has 39 heavy (non-hydrogen) atoms. The van der Waals surface area contributed by atoms with Crippen molar-refractivity contribution in [1.82, 2.24) is 9.44 Å². The predicted molar refractivity (Wildman–Crippen MR) is 151 cm³/mol. The minimum Gasteiger partial charge on any atom is -0.490 e. The number of rotatable bonds is 0. The Morgan fingerprint density at radius 2 is 1.95 bits per heavy atom. The van der Waals surface area contributed by atoms with E-state index in [2.05, 4.69) is 26.5 Å². The first-order valence-electron chi connectivity index (χ1n) is 14.0. The Kier molecular flexibility index (Phi) is 7.29. The zero-order valence-electron chi connectivity index (χ0n) is 22.0. The molecule has 2 bridgehead atoms. The van der Waals surface area contributed by atoms with Crippen molar-refractivity contribution in [3.63, 3.8) is 0 Å². The lowest BCUT2D eigenvalue weighted by Gasteiger charge is -2.45. The van der Waals surface area contributed by atoms with Gasteiger partial charge in [0, 0.05) is 35.6 Å². The minimum absolute atomic E-state index is 0.210. The van der Waals surface area contributed by atoms with Crippen molar-refractivity contribution in [3.8, 4) is 5.75 Å². The number of carbonyl (C=O) groups excluding carboxylic acids is 1. The molecule has 1 spiro atoms. The molecular weight excluding hydrogens is 538 g/mol. The molecule has 6 rings (SSSR count). The fraction of sp³-hybridized carbons (Fsp3) is 0.552. The number of hydrogen-bond acceptors (Lipinski definition) is 6. The number of aliphatic hydroxyl groups excluding tert-OH is 1. The summed E-state index contributed by atoms with van der Waals surface area (Å²) in [7, 11) is -4.00. The number of ether oxygens (including phenoxy) is 1. The molecular formula is C29H36ClN3O5S. The quantitative estimate of drug-likeness (QED) is 0.440. The van der Waals surface area contributed by atoms with E-state index in [-0.39, 0.29) is 23.4 Å². The lowest BCUT2D eigenvalue weighted by molar-refractivity contribution is 0.00918. The van der Waals surface area contributed by atoms with Gasteiger partial charge in [0.25, 0.3) is 5.91 Å². The van der Waals surface area contributed by atoms with Crippen LogP contribution in [0.15, 0.2) is 36.4 Å². The third-order valence-corrected chi connectivity index (χ3v) is 10.4. The summed E-state index contributed by atoms with van der Waals surface area (Å²) in [5.41, 5.74) is 3.33. The Hall–Kier alpha value is -2.33. The van der Waals surface area contributed by atoms with Gasteiger partial charge in [0.05, 0.1) is 18.4 Å². The Balaban J connectivity index is 1.40. The average Bonchev–Trinajstić information content (AvgIpc) is 3.02. The molecule has 2 aliphatic carbocycles. The highest BCUT2D eigenvalue weighted by molar-refractivity contribution is 7.88. The van der Waals surface area contributed by atoms with E-state index in [1.165, 1.54) is 11.1 Å². The molecule has 1 saturated carbocycles. The number of amides is 1. The maximum absolute atomic E-state index is 13.0. The van der Waals surface area contributed by atoms with E-state index in [4.69, 9.17) is 16.3 Å². The number of carbonyl (C=O) groups is 1. The van der Waals surface area contributed by atoms with Crippen molar-refractivity contribution in [2.75, 3.05) is 31.1 Å². The summed E-state index contributed by atoms with van der Waals surface area (Å²) >= 11 is 6.36. The van der Waals surface area contributed by atoms with Crippen LogP contribution in [-0.2, 0) is 22.0 Å². The number of nitrogens with one attached hydrogen (secondary N) is 2. The van der Waals surface area contributed by atoms with E-state index in [1.54, 1.807) is 18.2 Å². The maximum atomic E-state index is 13.0. The van der Waals surface area contributed by atoms with Gasteiger partial charge in [-0.25, -0.2) is 4.72 Å². The Labute approximate surface area is 235 Å². The van der Waals surface area contributed by atoms with Crippen molar-refractivity contribution in [1.29, 1.82) is 0 Å². The van der Waals surface area contributed by atoms with Gasteiger partial charge in [0.1, 0.15) is 5.75 Å². The second kappa shape index (κ2) is 10.6. The highest BCUT2D eigenvalue weighted by Crippen LogP contribution is 2.46. The largest absolute Gasteiger partial charge is 0.490 e. The van der Waals surface area contributed by atoms with Gasteiger partial charge in [-0.15, -0.1) is 0 Å². The van der Waals surface area contributed by atoms with Crippen molar-refractivity contribution in [2.45, 2.75) is 62.9 Å². The highest BCUT2D eigenvalue weighted by Gasteiger charge is 2.44. The summed E-state index contributed by atoms with van der Waals surface area (Å²) in [5.74, 6) is 0.552. The second-order valence-electron chi connectivity index (χ2n) is 11.7. The molecule has 1 fully saturated rings. The molecule has 210 valence electrons. The number of aliphatic hydroxyl groups is 1. The van der Waals surface area contributed by atoms with E-state index in [9.17, 15) is 18.3 Å². The Bertz CT molecular complexity index is 1370. The molecule has 0 radical (unpaired) electrons. The Morgan fingerprint density at radius 1 is 1.08 bits per heavy atom. The van der Waals surface area contributed by atoms with Crippen LogP contribution in [0.3, 0.4) is 0 Å². The average molecular weight is 574 g/mol. The van der Waals surface area contributed by atoms with E-state index >= 15 is 0 Å². The molecule has 8 nitrogen and oxygen atoms in total. The molecule has 2 heterocycles. The highest BCUT2D eigenvalue weighted by atomic mass is 35.5. The SMILES string of the molecule is O=C1NS(=O)(=O)NCCCC[C@H](O)[C@@H]2CC[C@H]2CN2C[C@@]3(CCCc4cc(Cl)ccc43)COc3ccc1cc32. The first kappa shape index (κ1) is 26.9. The van der Waals surface area contributed by atoms with Crippen molar-refractivity contribution in [3.05, 3.63) is 58.1 Å². The van der Waals surface area contributed by atoms with Crippen LogP contribution in [0.1, 0.15) is 66.4 Å². The number of aryl methyl sites for hydroxylation is 1. The number of anilines is 1. The third-order valence-electron chi connectivity index (χ3n) is 9.17. The third kappa shape index (κ3) is 5.38. The molecule has 2 aliphatic heterocycles. The summed E-state index contributed by atoms with van der Waals surface area (Å²) in [6.07, 6.45) is 6.56. The minimum atomic E-state index is -4.00. The lowest BCUT2D eigenvalue weighted by atomic mass is 9.68. The summed E-state index contributed by atoms with van der Waals surface area (Å²) in [4.78, 5) is 15.3. The molecule has 1 amide bonds. The molecule has 2 aromatic rings. The number of nitrogens with zero attached hydrogens (tertiary/aromatic N) is 1. The number of fused-ring (bicyclic) bond motifs is 4. The van der Waals surface area contributed by atoms with Gasteiger partial charge < -0.3 is 14.7 Å². The van der Waals surface area contributed by atoms with Crippen LogP contribution in [0.25, 0.3) is 0 Å². The standard InChI is InChI=1S/C29H36ClN3O5S/c30-22-8-10-24-19(14-22)4-3-12-29(24)17-33-16-21-6-9-23(21)26(34)5-1-2-13-31-39(36,37)32-28(35)20-7-11-27(38-18-29)25(33)15-20/h7-8,10-11,14-15,21,23,26,31,34H,1-6,9,12-13,16-18H2,(H,32,35)/t21-,23+,26-,29-/m0/s1. The number of benzene rings is 2. The maximum Gasteiger partial charge on any atom is 0.301 e. The van der Waals surface area contributed by atoms with Gasteiger partial charge >= 0.3 is 10.2 Å². The fourth-order valence-corrected chi connectivity index (χ4v) is 8.02. The smallest absolute Gasteiger partial charge is 0.301 e. The summed E-state index contributed by atoms with van der Waals surface area (Å²) in [5, 5.41) is 11.8. The van der Waals surface area contributed by atoms with E-state index in [0.29, 0.717) is 44.1 Å². The normalized spacial score (nSPS) is 30.7. The van der Waals surface area contributed by atoms with Gasteiger partial charge in [-0.1, -0.05) is 17.7 Å². The zero-order chi connectivity index (χ0) is 27.2. The van der Waals surface area contributed by atoms with E-state index in [0.717, 1.165) is 49.4 Å². The van der Waals surface area contributed by atoms with Gasteiger partial charge in [0.15, 0.2) is 0 Å². The fourth-order valence-electron chi connectivity index (χ4n) is 6.98. The van der Waals surface area contributed by atoms with Gasteiger partial charge in [0.2, 0.25) is 0 Å². The summed E-state index contributed by atoms with van der Waals surface area (Å²) in [6.45, 7) is 2.17. The first-order chi connectivity index (χ1) is 18.7. The molecule has 4 aliphatic rings. The molecule has 4 atom stereocenters. The molecule has 0 saturated heterocycles. The van der Waals surface area contributed by atoms with Gasteiger partial charge in [-0.05, 0) is 105 Å². The van der Waals surface area contributed by atoms with Crippen LogP contribution in [0.2, 0.25) is 5.02 Å². The molecule has 3 N–H and O–H groups in total. The van der Waals surface area contributed by atoms with E-state index in [1.807, 2.05) is 6.07 Å². The van der Waals surface area contributed by atoms with Crippen molar-refractivity contribution in [2.24, 2.45) is 11.8 Å². The lowest BCUT2D eigenvalue weighted by Crippen LogP contribution is -2.49. The monoisotopic (exact) mass is 573 g/mol. The van der Waals surface area contributed by atoms with Gasteiger partial charge in [-0.3, -0.25) is 4.79 Å². The summed E-state index contributed by atoms with van der Waals surface area (Å²) in [6, 6.07) is 11.3. The van der Waals surface area contributed by atoms with Gasteiger partial charge in [-0.2, -0.15) is 13.1 Å². The van der Waals surface area contributed by atoms with Crippen LogP contribution >= 0.6 is 11.6 Å². The van der Waals surface area contributed by atoms with E-state index < -0.39 is 22.2 Å². The molecule has 10 heteroatoms. The zero-order valence-corrected chi connectivity index (χ0v) is 23.6. The summed E-state index contributed by atoms with van der Waals surface area (Å²) < 4.78 is 36.1. The second-order valence-corrected chi connectivity index (χ2v) is 13.6. The topological polar surface area (TPSA) is 108 Å². The van der Waals surface area contributed by atoms with Crippen LogP contribution in [-0.4, -0.2) is 51.8 Å². The first-order valence-corrected chi connectivity index (χ1v) is 15.9. The molecule has 0 unspecified atom stereocenters. The number of hydrogen-bond donors (Lipinski definition) is 3.